The van der Waals surface area contributed by atoms with Crippen LogP contribution in [0, 0.1) is 0 Å². The second-order valence-corrected chi connectivity index (χ2v) is 8.78. The lowest BCUT2D eigenvalue weighted by Crippen LogP contribution is -2.47. The number of carbonyl (C=O) groups is 2. The second-order valence-electron chi connectivity index (χ2n) is 8.37. The number of aromatic nitrogens is 2. The molecule has 0 spiro atoms. The molecule has 0 saturated carbocycles. The van der Waals surface area contributed by atoms with Gasteiger partial charge in [-0.05, 0) is 35.4 Å². The first-order valence-corrected chi connectivity index (χ1v) is 11.6. The third-order valence-corrected chi connectivity index (χ3v) is 6.32. The van der Waals surface area contributed by atoms with Crippen molar-refractivity contribution >= 4 is 47.5 Å². The normalized spacial score (nSPS) is 13.2. The number of nitrogens with zero attached hydrogens (tertiary/aromatic N) is 5. The highest BCUT2D eigenvalue weighted by Crippen LogP contribution is 2.28. The van der Waals surface area contributed by atoms with E-state index < -0.39 is 5.97 Å². The molecule has 1 aromatic heterocycles. The number of benzene rings is 2. The molecule has 1 amide bonds. The first-order chi connectivity index (χ1) is 16.9. The van der Waals surface area contributed by atoms with Crippen LogP contribution < -0.4 is 15.5 Å². The predicted molar refractivity (Wildman–Crippen MR) is 143 cm³/mol. The maximum Gasteiger partial charge on any atom is 0.335 e. The van der Waals surface area contributed by atoms with Crippen molar-refractivity contribution in [3.63, 3.8) is 0 Å². The molecule has 36 heavy (non-hydrogen) atoms. The fourth-order valence-corrected chi connectivity index (χ4v) is 4.34. The standard InChI is InChI=1S/C25H27ClN6O3.ClH/c1-30(23(33)13-27)16-17-3-2-4-18(11-17)20-14-28-25(29-15-20)32-9-7-31(8-10-32)22-6-5-19(24(34)35)12-21(22)26;/h2-6,11-12,14-15H,7-10,13,16,27H2,1H3,(H,34,35);1H. The van der Waals surface area contributed by atoms with Gasteiger partial charge >= 0.3 is 5.97 Å². The van der Waals surface area contributed by atoms with E-state index in [1.54, 1.807) is 24.1 Å². The predicted octanol–water partition coefficient (Wildman–Crippen LogP) is 3.16. The van der Waals surface area contributed by atoms with Crippen LogP contribution in [0.3, 0.4) is 0 Å². The van der Waals surface area contributed by atoms with E-state index in [0.717, 1.165) is 22.4 Å². The van der Waals surface area contributed by atoms with Gasteiger partial charge in [-0.2, -0.15) is 0 Å². The average molecular weight is 531 g/mol. The summed E-state index contributed by atoms with van der Waals surface area (Å²) in [6.45, 7) is 3.34. The molecule has 11 heteroatoms. The molecule has 9 nitrogen and oxygen atoms in total. The van der Waals surface area contributed by atoms with E-state index in [-0.39, 0.29) is 30.4 Å². The van der Waals surface area contributed by atoms with Crippen LogP contribution in [0.4, 0.5) is 11.6 Å². The molecule has 0 bridgehead atoms. The number of aromatic carboxylic acids is 1. The molecule has 1 saturated heterocycles. The van der Waals surface area contributed by atoms with Crippen LogP contribution in [0.1, 0.15) is 15.9 Å². The summed E-state index contributed by atoms with van der Waals surface area (Å²) in [5, 5.41) is 9.56. The Labute approximate surface area is 220 Å². The minimum absolute atomic E-state index is 0. The molecule has 3 N–H and O–H groups in total. The zero-order valence-electron chi connectivity index (χ0n) is 19.8. The van der Waals surface area contributed by atoms with Crippen molar-refractivity contribution in [2.75, 3.05) is 49.6 Å². The number of amides is 1. The van der Waals surface area contributed by atoms with Gasteiger partial charge in [0.2, 0.25) is 11.9 Å². The zero-order valence-corrected chi connectivity index (χ0v) is 21.4. The van der Waals surface area contributed by atoms with Gasteiger partial charge in [0.1, 0.15) is 0 Å². The molecule has 2 heterocycles. The first-order valence-electron chi connectivity index (χ1n) is 11.2. The number of anilines is 2. The number of hydrogen-bond donors (Lipinski definition) is 2. The molecule has 1 aliphatic rings. The molecule has 1 aliphatic heterocycles. The van der Waals surface area contributed by atoms with Gasteiger partial charge in [-0.1, -0.05) is 29.8 Å². The summed E-state index contributed by atoms with van der Waals surface area (Å²) in [6.07, 6.45) is 3.62. The van der Waals surface area contributed by atoms with E-state index >= 15 is 0 Å². The average Bonchev–Trinajstić information content (AvgIpc) is 2.88. The number of nitrogens with two attached hydrogens (primary N) is 1. The summed E-state index contributed by atoms with van der Waals surface area (Å²) in [5.74, 6) is -0.447. The summed E-state index contributed by atoms with van der Waals surface area (Å²) in [7, 11) is 1.73. The highest BCUT2D eigenvalue weighted by Gasteiger charge is 2.21. The minimum atomic E-state index is -0.996. The number of carboxylic acid groups (broad SMARTS) is 1. The SMILES string of the molecule is CN(Cc1cccc(-c2cnc(N3CCN(c4ccc(C(=O)O)cc4Cl)CC3)nc2)c1)C(=O)CN.Cl. The fourth-order valence-electron chi connectivity index (χ4n) is 4.04. The Bertz CT molecular complexity index is 1220. The van der Waals surface area contributed by atoms with E-state index in [0.29, 0.717) is 43.7 Å². The van der Waals surface area contributed by atoms with Crippen LogP contribution in [0.15, 0.2) is 54.9 Å². The van der Waals surface area contributed by atoms with Gasteiger partial charge in [-0.25, -0.2) is 14.8 Å². The minimum Gasteiger partial charge on any atom is -0.478 e. The molecule has 190 valence electrons. The molecule has 1 fully saturated rings. The van der Waals surface area contributed by atoms with Crippen molar-refractivity contribution in [3.8, 4) is 11.1 Å². The summed E-state index contributed by atoms with van der Waals surface area (Å²) in [4.78, 5) is 37.9. The Kier molecular flexibility index (Phi) is 9.08. The Hall–Kier alpha value is -3.40. The monoisotopic (exact) mass is 530 g/mol. The van der Waals surface area contributed by atoms with Gasteiger partial charge in [-0.15, -0.1) is 12.4 Å². The summed E-state index contributed by atoms with van der Waals surface area (Å²) < 4.78 is 0. The van der Waals surface area contributed by atoms with Crippen LogP contribution in [-0.4, -0.2) is 71.6 Å². The molecule has 0 atom stereocenters. The van der Waals surface area contributed by atoms with E-state index in [9.17, 15) is 9.59 Å². The Morgan fingerprint density at radius 2 is 1.69 bits per heavy atom. The summed E-state index contributed by atoms with van der Waals surface area (Å²) >= 11 is 6.33. The van der Waals surface area contributed by atoms with Crippen LogP contribution >= 0.6 is 24.0 Å². The number of carboxylic acids is 1. The number of piperazine rings is 1. The third-order valence-electron chi connectivity index (χ3n) is 6.02. The second kappa shape index (κ2) is 12.0. The van der Waals surface area contributed by atoms with Gasteiger partial charge in [-0.3, -0.25) is 4.79 Å². The quantitative estimate of drug-likeness (QED) is 0.478. The van der Waals surface area contributed by atoms with Crippen LogP contribution in [0.5, 0.6) is 0 Å². The number of carbonyl (C=O) groups excluding carboxylic acids is 1. The van der Waals surface area contributed by atoms with E-state index in [4.69, 9.17) is 22.4 Å². The fraction of sp³-hybridized carbons (Fsp3) is 0.280. The van der Waals surface area contributed by atoms with Crippen molar-refractivity contribution in [2.24, 2.45) is 5.73 Å². The molecular formula is C25H28Cl2N6O3. The highest BCUT2D eigenvalue weighted by atomic mass is 35.5. The molecular weight excluding hydrogens is 503 g/mol. The summed E-state index contributed by atoms with van der Waals surface area (Å²) in [6, 6.07) is 12.7. The van der Waals surface area contributed by atoms with Gasteiger partial charge < -0.3 is 25.5 Å². The molecule has 3 aromatic rings. The van der Waals surface area contributed by atoms with Crippen LogP contribution in [0.2, 0.25) is 5.02 Å². The van der Waals surface area contributed by atoms with Crippen molar-refractivity contribution in [1.29, 1.82) is 0 Å². The topological polar surface area (TPSA) is 116 Å². The molecule has 0 aliphatic carbocycles. The number of hydrogen-bond acceptors (Lipinski definition) is 7. The van der Waals surface area contributed by atoms with Crippen molar-refractivity contribution < 1.29 is 14.7 Å². The van der Waals surface area contributed by atoms with Crippen molar-refractivity contribution in [1.82, 2.24) is 14.9 Å². The van der Waals surface area contributed by atoms with E-state index in [2.05, 4.69) is 19.8 Å². The van der Waals surface area contributed by atoms with Crippen LogP contribution in [0.25, 0.3) is 11.1 Å². The number of rotatable bonds is 7. The van der Waals surface area contributed by atoms with E-state index in [1.165, 1.54) is 6.07 Å². The Balaban J connectivity index is 0.00000361. The number of likely N-dealkylation sites (N-methyl/N-ethyl adjacent to an activating group) is 1. The lowest BCUT2D eigenvalue weighted by Gasteiger charge is -2.36. The lowest BCUT2D eigenvalue weighted by molar-refractivity contribution is -0.128. The van der Waals surface area contributed by atoms with Gasteiger partial charge in [0, 0.05) is 57.7 Å². The zero-order chi connectivity index (χ0) is 24.9. The highest BCUT2D eigenvalue weighted by molar-refractivity contribution is 6.33. The van der Waals surface area contributed by atoms with Crippen molar-refractivity contribution in [2.45, 2.75) is 6.54 Å². The molecule has 2 aromatic carbocycles. The maximum absolute atomic E-state index is 11.8. The maximum atomic E-state index is 11.8. The number of halogens is 2. The van der Waals surface area contributed by atoms with Gasteiger partial charge in [0.05, 0.1) is 22.8 Å². The van der Waals surface area contributed by atoms with E-state index in [1.807, 2.05) is 36.7 Å². The summed E-state index contributed by atoms with van der Waals surface area (Å²) in [5.41, 5.74) is 9.32. The molecule has 4 rings (SSSR count). The Morgan fingerprint density at radius 1 is 1.03 bits per heavy atom. The molecule has 0 radical (unpaired) electrons. The van der Waals surface area contributed by atoms with Crippen LogP contribution in [-0.2, 0) is 11.3 Å². The Morgan fingerprint density at radius 3 is 2.31 bits per heavy atom. The largest absolute Gasteiger partial charge is 0.478 e. The lowest BCUT2D eigenvalue weighted by atomic mass is 10.1. The van der Waals surface area contributed by atoms with Gasteiger partial charge in [0.15, 0.2) is 0 Å². The molecule has 0 unspecified atom stereocenters. The smallest absolute Gasteiger partial charge is 0.335 e. The third kappa shape index (κ3) is 6.23. The van der Waals surface area contributed by atoms with Gasteiger partial charge in [0.25, 0.3) is 0 Å². The van der Waals surface area contributed by atoms with Crippen molar-refractivity contribution in [3.05, 3.63) is 71.0 Å². The first kappa shape index (κ1) is 27.2.